The highest BCUT2D eigenvalue weighted by molar-refractivity contribution is 8.00. The molecule has 1 atom stereocenters. The lowest BCUT2D eigenvalue weighted by atomic mass is 9.93. The molecule has 0 N–H and O–H groups in total. The van der Waals surface area contributed by atoms with Crippen molar-refractivity contribution in [2.75, 3.05) is 12.4 Å². The van der Waals surface area contributed by atoms with E-state index in [0.29, 0.717) is 23.3 Å². The summed E-state index contributed by atoms with van der Waals surface area (Å²) in [5.41, 5.74) is 0.927. The Kier molecular flexibility index (Phi) is 3.59. The van der Waals surface area contributed by atoms with Crippen LogP contribution in [-0.4, -0.2) is 35.1 Å². The molecule has 0 aromatic carbocycles. The molecule has 0 spiro atoms. The molecule has 2 rings (SSSR count). The average Bonchev–Trinajstić information content (AvgIpc) is 2.31. The average molecular weight is 252 g/mol. The van der Waals surface area contributed by atoms with E-state index in [2.05, 4.69) is 0 Å². The van der Waals surface area contributed by atoms with E-state index in [1.165, 1.54) is 30.8 Å². The van der Waals surface area contributed by atoms with Gasteiger partial charge in [0.05, 0.1) is 0 Å². The quantitative estimate of drug-likeness (QED) is 0.703. The van der Waals surface area contributed by atoms with Gasteiger partial charge in [0.1, 0.15) is 12.0 Å². The second-order valence-corrected chi connectivity index (χ2v) is 5.12. The maximum Gasteiger partial charge on any atom is 0.183 e. The number of ketones is 3. The molecule has 0 aromatic rings. The molecular weight excluding hydrogens is 240 g/mol. The topological polar surface area (TPSA) is 60.4 Å². The van der Waals surface area contributed by atoms with Gasteiger partial charge in [-0.3, -0.25) is 14.4 Å². The Balaban J connectivity index is 2.07. The van der Waals surface area contributed by atoms with Crippen molar-refractivity contribution in [2.45, 2.75) is 18.8 Å². The molecule has 1 aliphatic heterocycles. The fraction of sp³-hybridized carbons (Fsp3) is 0.417. The van der Waals surface area contributed by atoms with Gasteiger partial charge < -0.3 is 4.74 Å². The van der Waals surface area contributed by atoms with Gasteiger partial charge in [-0.15, -0.1) is 11.8 Å². The highest BCUT2D eigenvalue weighted by Crippen LogP contribution is 2.33. The van der Waals surface area contributed by atoms with Crippen LogP contribution in [0.4, 0.5) is 0 Å². The van der Waals surface area contributed by atoms with Crippen molar-refractivity contribution in [1.29, 1.82) is 0 Å². The number of thioether (sulfide) groups is 1. The molecule has 1 heterocycles. The Morgan fingerprint density at radius 2 is 2.00 bits per heavy atom. The maximum absolute atomic E-state index is 11.6. The molecule has 1 aliphatic carbocycles. The molecule has 0 radical (unpaired) electrons. The molecule has 0 saturated carbocycles. The fourth-order valence-electron chi connectivity index (χ4n) is 1.75. The van der Waals surface area contributed by atoms with Gasteiger partial charge in [-0.25, -0.2) is 0 Å². The number of carbonyl (C=O) groups is 3. The lowest BCUT2D eigenvalue weighted by Crippen LogP contribution is -2.26. The monoisotopic (exact) mass is 252 g/mol. The van der Waals surface area contributed by atoms with E-state index in [-0.39, 0.29) is 29.4 Å². The zero-order valence-corrected chi connectivity index (χ0v) is 10.2. The van der Waals surface area contributed by atoms with Crippen molar-refractivity contribution in [3.05, 3.63) is 23.3 Å². The molecule has 4 nitrogen and oxygen atoms in total. The van der Waals surface area contributed by atoms with E-state index in [1.54, 1.807) is 0 Å². The van der Waals surface area contributed by atoms with Gasteiger partial charge in [0.15, 0.2) is 17.3 Å². The second-order valence-electron chi connectivity index (χ2n) is 3.98. The summed E-state index contributed by atoms with van der Waals surface area (Å²) < 4.78 is 5.37. The lowest BCUT2D eigenvalue weighted by Gasteiger charge is -2.26. The third-order valence-electron chi connectivity index (χ3n) is 2.60. The molecule has 2 aliphatic rings. The standard InChI is InChI=1S/C12H12O4S/c1-7(13)5-16-12-4-8-9(6-17-12)11(15)3-2-10(8)14/h2-3,12H,4-6H2,1H3. The smallest absolute Gasteiger partial charge is 0.183 e. The molecule has 90 valence electrons. The zero-order valence-electron chi connectivity index (χ0n) is 9.39. The number of hydrogen-bond donors (Lipinski definition) is 0. The third-order valence-corrected chi connectivity index (χ3v) is 3.73. The summed E-state index contributed by atoms with van der Waals surface area (Å²) in [6, 6.07) is 0. The molecular formula is C12H12O4S. The molecule has 1 unspecified atom stereocenters. The highest BCUT2D eigenvalue weighted by Gasteiger charge is 2.30. The fourth-order valence-corrected chi connectivity index (χ4v) is 2.87. The predicted molar refractivity (Wildman–Crippen MR) is 63.7 cm³/mol. The number of Topliss-reactive ketones (excluding diaryl/α,β-unsaturated/α-hetero) is 1. The van der Waals surface area contributed by atoms with E-state index in [1.807, 2.05) is 0 Å². The summed E-state index contributed by atoms with van der Waals surface area (Å²) in [6.45, 7) is 1.51. The minimum Gasteiger partial charge on any atom is -0.359 e. The van der Waals surface area contributed by atoms with Crippen LogP contribution in [0.1, 0.15) is 13.3 Å². The molecule has 5 heteroatoms. The number of rotatable bonds is 3. The zero-order chi connectivity index (χ0) is 12.4. The van der Waals surface area contributed by atoms with Crippen molar-refractivity contribution >= 4 is 29.1 Å². The molecule has 0 aromatic heterocycles. The molecule has 0 bridgehead atoms. The maximum atomic E-state index is 11.6. The summed E-state index contributed by atoms with van der Waals surface area (Å²) in [6.07, 6.45) is 3.03. The van der Waals surface area contributed by atoms with Crippen LogP contribution in [0.25, 0.3) is 0 Å². The van der Waals surface area contributed by atoms with Crippen LogP contribution in [-0.2, 0) is 19.1 Å². The first-order valence-corrected chi connectivity index (χ1v) is 6.34. The van der Waals surface area contributed by atoms with Crippen LogP contribution < -0.4 is 0 Å². The first-order chi connectivity index (χ1) is 8.08. The van der Waals surface area contributed by atoms with Gasteiger partial charge in [0.2, 0.25) is 0 Å². The van der Waals surface area contributed by atoms with Crippen molar-refractivity contribution in [2.24, 2.45) is 0 Å². The summed E-state index contributed by atoms with van der Waals surface area (Å²) in [7, 11) is 0. The molecule has 0 saturated heterocycles. The van der Waals surface area contributed by atoms with Crippen LogP contribution in [0.3, 0.4) is 0 Å². The van der Waals surface area contributed by atoms with Gasteiger partial charge in [0.25, 0.3) is 0 Å². The van der Waals surface area contributed by atoms with Gasteiger partial charge in [0, 0.05) is 23.3 Å². The Labute approximate surface area is 103 Å². The third kappa shape index (κ3) is 2.73. The molecule has 0 amide bonds. The van der Waals surface area contributed by atoms with E-state index in [0.717, 1.165) is 0 Å². The van der Waals surface area contributed by atoms with E-state index < -0.39 is 0 Å². The van der Waals surface area contributed by atoms with Crippen molar-refractivity contribution in [3.8, 4) is 0 Å². The Morgan fingerprint density at radius 1 is 1.35 bits per heavy atom. The highest BCUT2D eigenvalue weighted by atomic mass is 32.2. The van der Waals surface area contributed by atoms with Crippen molar-refractivity contribution in [1.82, 2.24) is 0 Å². The lowest BCUT2D eigenvalue weighted by molar-refractivity contribution is -0.122. The van der Waals surface area contributed by atoms with Crippen LogP contribution in [0.15, 0.2) is 23.3 Å². The van der Waals surface area contributed by atoms with E-state index in [4.69, 9.17) is 4.74 Å². The van der Waals surface area contributed by atoms with Crippen LogP contribution in [0.2, 0.25) is 0 Å². The SMILES string of the molecule is CC(=O)COC1CC2=C(CS1)C(=O)C=CC2=O. The summed E-state index contributed by atoms with van der Waals surface area (Å²) in [5, 5.41) is 0. The summed E-state index contributed by atoms with van der Waals surface area (Å²) >= 11 is 1.46. The van der Waals surface area contributed by atoms with Gasteiger partial charge in [-0.2, -0.15) is 0 Å². The Hall–Kier alpha value is -1.20. The minimum absolute atomic E-state index is 0.0451. The van der Waals surface area contributed by atoms with Crippen LogP contribution in [0.5, 0.6) is 0 Å². The molecule has 0 fully saturated rings. The van der Waals surface area contributed by atoms with Gasteiger partial charge in [-0.1, -0.05) is 0 Å². The van der Waals surface area contributed by atoms with Gasteiger partial charge >= 0.3 is 0 Å². The predicted octanol–water partition coefficient (Wildman–Crippen LogP) is 1.06. The molecule has 17 heavy (non-hydrogen) atoms. The van der Waals surface area contributed by atoms with Crippen molar-refractivity contribution < 1.29 is 19.1 Å². The number of carbonyl (C=O) groups excluding carboxylic acids is 3. The number of allylic oxidation sites excluding steroid dienone is 2. The second kappa shape index (κ2) is 4.98. The largest absolute Gasteiger partial charge is 0.359 e. The van der Waals surface area contributed by atoms with Crippen LogP contribution >= 0.6 is 11.8 Å². The van der Waals surface area contributed by atoms with Gasteiger partial charge in [-0.05, 0) is 19.1 Å². The number of hydrogen-bond acceptors (Lipinski definition) is 5. The summed E-state index contributed by atoms with van der Waals surface area (Å²) in [5.74, 6) is 0.233. The normalized spacial score (nSPS) is 23.9. The van der Waals surface area contributed by atoms with E-state index >= 15 is 0 Å². The first-order valence-electron chi connectivity index (χ1n) is 5.29. The number of ether oxygens (including phenoxy) is 1. The Morgan fingerprint density at radius 3 is 2.65 bits per heavy atom. The van der Waals surface area contributed by atoms with Crippen molar-refractivity contribution in [3.63, 3.8) is 0 Å². The minimum atomic E-state index is -0.208. The van der Waals surface area contributed by atoms with E-state index in [9.17, 15) is 14.4 Å². The van der Waals surface area contributed by atoms with Crippen LogP contribution in [0, 0.1) is 0 Å². The first kappa shape index (κ1) is 12.3. The Bertz CT molecular complexity index is 447. The summed E-state index contributed by atoms with van der Waals surface area (Å²) in [4.78, 5) is 34.0.